The molecule has 0 radical (unpaired) electrons. The van der Waals surface area contributed by atoms with Crippen molar-refractivity contribution in [2.24, 2.45) is 0 Å². The average Bonchev–Trinajstić information content (AvgIpc) is 2.60. The summed E-state index contributed by atoms with van der Waals surface area (Å²) in [5, 5.41) is 76.5. The number of carboxylic acid groups (broad SMARTS) is 1. The van der Waals surface area contributed by atoms with E-state index in [1.54, 1.807) is 0 Å². The maximum Gasteiger partial charge on any atom is 2.00 e. The Hall–Kier alpha value is 0.130. The standard InChI is InChI=1S/C13H22O13.Ca.2H/c14-1-3-5(16)6(17)8(19)11(23-3)25-10-4(2-15)24-12(26-13(21)22)9(20)7(10)18;;;/h3-12,14-20H,1-2H2,(H,21,22);;;/q;+2;2*-1/t3-,4-,5-,6+,7-,8-,9-,10-,11-,12+;;;/m1.../s1. The van der Waals surface area contributed by atoms with Crippen LogP contribution in [-0.4, -0.2) is 159 Å². The Morgan fingerprint density at radius 2 is 1.33 bits per heavy atom. The van der Waals surface area contributed by atoms with Gasteiger partial charge in [-0.1, -0.05) is 0 Å². The normalized spacial score (nSPS) is 45.0. The third-order valence-corrected chi connectivity index (χ3v) is 4.18. The Kier molecular flexibility index (Phi) is 10.0. The molecule has 2 rings (SSSR count). The Labute approximate surface area is 185 Å². The predicted octanol–water partition coefficient (Wildman–Crippen LogP) is -4.85. The zero-order valence-corrected chi connectivity index (χ0v) is 16.2. The van der Waals surface area contributed by atoms with Gasteiger partial charge in [0.2, 0.25) is 6.29 Å². The van der Waals surface area contributed by atoms with Gasteiger partial charge in [-0.3, -0.25) is 0 Å². The van der Waals surface area contributed by atoms with Gasteiger partial charge in [-0.05, 0) is 0 Å². The first-order chi connectivity index (χ1) is 12.2. The first-order valence-electron chi connectivity index (χ1n) is 7.69. The summed E-state index contributed by atoms with van der Waals surface area (Å²) in [5.74, 6) is 0. The van der Waals surface area contributed by atoms with E-state index in [2.05, 4.69) is 4.74 Å². The van der Waals surface area contributed by atoms with Gasteiger partial charge < -0.3 is 62.7 Å². The average molecular weight is 428 g/mol. The van der Waals surface area contributed by atoms with E-state index < -0.39 is 80.8 Å². The molecule has 2 heterocycles. The van der Waals surface area contributed by atoms with Gasteiger partial charge in [-0.15, -0.1) is 0 Å². The minimum Gasteiger partial charge on any atom is -1.00 e. The molecule has 0 aromatic rings. The molecule has 14 heteroatoms. The molecule has 156 valence electrons. The largest absolute Gasteiger partial charge is 2.00 e. The van der Waals surface area contributed by atoms with E-state index >= 15 is 0 Å². The summed E-state index contributed by atoms with van der Waals surface area (Å²) in [6.07, 6.45) is -18.3. The minimum atomic E-state index is -1.89. The van der Waals surface area contributed by atoms with Gasteiger partial charge in [0, 0.05) is 0 Å². The summed E-state index contributed by atoms with van der Waals surface area (Å²) in [7, 11) is 0. The van der Waals surface area contributed by atoms with Crippen LogP contribution < -0.4 is 0 Å². The second-order valence-electron chi connectivity index (χ2n) is 5.89. The Morgan fingerprint density at radius 1 is 0.815 bits per heavy atom. The molecule has 0 amide bonds. The van der Waals surface area contributed by atoms with Crippen molar-refractivity contribution >= 4 is 43.9 Å². The topological polar surface area (TPSA) is 216 Å². The van der Waals surface area contributed by atoms with E-state index in [9.17, 15) is 35.4 Å². The smallest absolute Gasteiger partial charge is 1.00 e. The van der Waals surface area contributed by atoms with Crippen LogP contribution in [0.4, 0.5) is 4.79 Å². The summed E-state index contributed by atoms with van der Waals surface area (Å²) in [6.45, 7) is -1.50. The molecule has 2 aliphatic rings. The molecule has 27 heavy (non-hydrogen) atoms. The predicted molar refractivity (Wildman–Crippen MR) is 83.5 cm³/mol. The maximum atomic E-state index is 10.6. The molecule has 0 unspecified atom stereocenters. The van der Waals surface area contributed by atoms with Gasteiger partial charge in [-0.25, -0.2) is 4.79 Å². The van der Waals surface area contributed by atoms with Crippen LogP contribution in [0.15, 0.2) is 0 Å². The van der Waals surface area contributed by atoms with Crippen molar-refractivity contribution in [3.05, 3.63) is 0 Å². The third kappa shape index (κ3) is 5.60. The van der Waals surface area contributed by atoms with Crippen LogP contribution in [0.1, 0.15) is 2.85 Å². The summed E-state index contributed by atoms with van der Waals surface area (Å²) in [6, 6.07) is 0. The number of carbonyl (C=O) groups is 1. The fourth-order valence-corrected chi connectivity index (χ4v) is 2.75. The fraction of sp³-hybridized carbons (Fsp3) is 0.923. The number of aliphatic hydroxyl groups excluding tert-OH is 7. The van der Waals surface area contributed by atoms with E-state index in [4.69, 9.17) is 24.4 Å². The first-order valence-corrected chi connectivity index (χ1v) is 7.69. The zero-order chi connectivity index (χ0) is 19.6. The quantitative estimate of drug-likeness (QED) is 0.152. The van der Waals surface area contributed by atoms with Crippen molar-refractivity contribution in [3.8, 4) is 0 Å². The number of aliphatic hydroxyl groups is 7. The van der Waals surface area contributed by atoms with Gasteiger partial charge >= 0.3 is 43.9 Å². The number of ether oxygens (including phenoxy) is 4. The molecule has 0 aliphatic carbocycles. The Bertz CT molecular complexity index is 488. The van der Waals surface area contributed by atoms with Crippen molar-refractivity contribution in [3.63, 3.8) is 0 Å². The molecule has 2 aliphatic heterocycles. The van der Waals surface area contributed by atoms with Crippen LogP contribution >= 0.6 is 0 Å². The second kappa shape index (κ2) is 10.8. The third-order valence-electron chi connectivity index (χ3n) is 4.18. The van der Waals surface area contributed by atoms with Crippen LogP contribution in [0.3, 0.4) is 0 Å². The summed E-state index contributed by atoms with van der Waals surface area (Å²) >= 11 is 0. The molecule has 2 fully saturated rings. The van der Waals surface area contributed by atoms with E-state index in [0.29, 0.717) is 0 Å². The van der Waals surface area contributed by atoms with E-state index in [1.165, 1.54) is 0 Å². The van der Waals surface area contributed by atoms with Crippen molar-refractivity contribution in [2.75, 3.05) is 13.2 Å². The zero-order valence-electron chi connectivity index (χ0n) is 16.0. The molecule has 0 aromatic heterocycles. The molecular weight excluding hydrogens is 404 g/mol. The van der Waals surface area contributed by atoms with Crippen LogP contribution in [-0.2, 0) is 18.9 Å². The molecule has 2 saturated heterocycles. The van der Waals surface area contributed by atoms with E-state index in [1.807, 2.05) is 0 Å². The van der Waals surface area contributed by atoms with Crippen LogP contribution in [0, 0.1) is 0 Å². The summed E-state index contributed by atoms with van der Waals surface area (Å²) < 4.78 is 19.7. The van der Waals surface area contributed by atoms with Crippen molar-refractivity contribution < 1.29 is 67.4 Å². The molecule has 0 bridgehead atoms. The van der Waals surface area contributed by atoms with Gasteiger partial charge in [0.1, 0.15) is 48.8 Å². The monoisotopic (exact) mass is 428 g/mol. The van der Waals surface area contributed by atoms with Gasteiger partial charge in [0.15, 0.2) is 6.29 Å². The first kappa shape index (κ1) is 25.2. The van der Waals surface area contributed by atoms with Crippen LogP contribution in [0.2, 0.25) is 0 Å². The molecular formula is C13H24CaO13. The van der Waals surface area contributed by atoms with Gasteiger partial charge in [0.05, 0.1) is 13.2 Å². The van der Waals surface area contributed by atoms with Gasteiger partial charge in [0.25, 0.3) is 0 Å². The summed E-state index contributed by atoms with van der Waals surface area (Å²) in [5.41, 5.74) is 0. The molecule has 0 spiro atoms. The molecule has 0 saturated carbocycles. The summed E-state index contributed by atoms with van der Waals surface area (Å²) in [4.78, 5) is 10.6. The Morgan fingerprint density at radius 3 is 1.85 bits per heavy atom. The molecule has 0 aromatic carbocycles. The molecule has 13 nitrogen and oxygen atoms in total. The van der Waals surface area contributed by atoms with Crippen molar-refractivity contribution in [1.82, 2.24) is 0 Å². The van der Waals surface area contributed by atoms with Crippen LogP contribution in [0.5, 0.6) is 0 Å². The van der Waals surface area contributed by atoms with E-state index in [0.717, 1.165) is 0 Å². The Balaban J connectivity index is 0. The van der Waals surface area contributed by atoms with Crippen molar-refractivity contribution in [1.29, 1.82) is 0 Å². The number of rotatable bonds is 5. The van der Waals surface area contributed by atoms with Crippen LogP contribution in [0.25, 0.3) is 0 Å². The second-order valence-corrected chi connectivity index (χ2v) is 5.89. The minimum absolute atomic E-state index is 0. The SMILES string of the molecule is O=C(O)O[C@@H]1O[C@H](CO)[C@@H](O[C@H]2O[C@H](CO)[C@@H](O)[C@H](O)[C@H]2O)[C@H](O)[C@H]1O.[Ca+2].[H-].[H-]. The maximum absolute atomic E-state index is 10.6. The van der Waals surface area contributed by atoms with E-state index in [-0.39, 0.29) is 40.6 Å². The molecule has 8 N–H and O–H groups in total. The number of hydrogen-bond donors (Lipinski definition) is 8. The number of hydrogen-bond acceptors (Lipinski definition) is 12. The van der Waals surface area contributed by atoms with Gasteiger partial charge in [-0.2, -0.15) is 0 Å². The fourth-order valence-electron chi connectivity index (χ4n) is 2.75. The molecule has 10 atom stereocenters. The van der Waals surface area contributed by atoms with Crippen molar-refractivity contribution in [2.45, 2.75) is 61.4 Å².